The highest BCUT2D eigenvalue weighted by atomic mass is 35.5. The number of carbonyl (C=O) groups excluding carboxylic acids is 1. The summed E-state index contributed by atoms with van der Waals surface area (Å²) in [6.07, 6.45) is 3.06. The molecule has 2 N–H and O–H groups in total. The SMILES string of the molecule is O=C(N/C=C/c1ccccc1Cl)NCC1COc2ccccc2O1. The maximum absolute atomic E-state index is 11.8. The fraction of sp³-hybridized carbons (Fsp3) is 0.167. The number of benzene rings is 2. The van der Waals surface area contributed by atoms with Crippen molar-refractivity contribution >= 4 is 23.7 Å². The van der Waals surface area contributed by atoms with Crippen LogP contribution in [-0.4, -0.2) is 25.3 Å². The zero-order valence-electron chi connectivity index (χ0n) is 12.9. The lowest BCUT2D eigenvalue weighted by Crippen LogP contribution is -2.43. The minimum Gasteiger partial charge on any atom is -0.486 e. The summed E-state index contributed by atoms with van der Waals surface area (Å²) in [5.74, 6) is 1.41. The topological polar surface area (TPSA) is 59.6 Å². The number of ether oxygens (including phenoxy) is 2. The first-order valence-corrected chi connectivity index (χ1v) is 7.94. The molecule has 0 spiro atoms. The van der Waals surface area contributed by atoms with Gasteiger partial charge in [0.1, 0.15) is 6.61 Å². The van der Waals surface area contributed by atoms with Gasteiger partial charge in [0.05, 0.1) is 6.54 Å². The van der Waals surface area contributed by atoms with Crippen molar-refractivity contribution in [2.75, 3.05) is 13.2 Å². The molecule has 0 aromatic heterocycles. The van der Waals surface area contributed by atoms with Gasteiger partial charge in [-0.15, -0.1) is 0 Å². The molecular formula is C18H17ClN2O3. The zero-order valence-corrected chi connectivity index (χ0v) is 13.6. The highest BCUT2D eigenvalue weighted by Crippen LogP contribution is 2.30. The number of para-hydroxylation sites is 2. The molecule has 1 atom stereocenters. The molecule has 6 heteroatoms. The molecule has 2 amide bonds. The standard InChI is InChI=1S/C18H17ClN2O3/c19-15-6-2-1-5-13(15)9-10-20-18(22)21-11-14-12-23-16-7-3-4-8-17(16)24-14/h1-10,14H,11-12H2,(H2,20,21,22)/b10-9+. The van der Waals surface area contributed by atoms with Gasteiger partial charge >= 0.3 is 6.03 Å². The molecule has 0 fully saturated rings. The Morgan fingerprint density at radius 2 is 1.92 bits per heavy atom. The number of urea groups is 1. The summed E-state index contributed by atoms with van der Waals surface area (Å²) in [4.78, 5) is 11.8. The average molecular weight is 345 g/mol. The van der Waals surface area contributed by atoms with Crippen molar-refractivity contribution in [1.82, 2.24) is 10.6 Å². The van der Waals surface area contributed by atoms with E-state index in [0.29, 0.717) is 23.9 Å². The van der Waals surface area contributed by atoms with Crippen LogP contribution in [-0.2, 0) is 0 Å². The third-order valence-corrected chi connectivity index (χ3v) is 3.78. The van der Waals surface area contributed by atoms with Gasteiger partial charge < -0.3 is 20.1 Å². The fourth-order valence-corrected chi connectivity index (χ4v) is 2.44. The molecule has 0 radical (unpaired) electrons. The molecule has 3 rings (SSSR count). The van der Waals surface area contributed by atoms with Crippen molar-refractivity contribution in [3.8, 4) is 11.5 Å². The molecule has 1 unspecified atom stereocenters. The van der Waals surface area contributed by atoms with E-state index in [1.54, 1.807) is 18.3 Å². The van der Waals surface area contributed by atoms with E-state index >= 15 is 0 Å². The average Bonchev–Trinajstić information content (AvgIpc) is 2.61. The minimum absolute atomic E-state index is 0.224. The fourth-order valence-electron chi connectivity index (χ4n) is 2.24. The lowest BCUT2D eigenvalue weighted by atomic mass is 10.2. The van der Waals surface area contributed by atoms with Crippen molar-refractivity contribution in [3.05, 3.63) is 65.3 Å². The third-order valence-electron chi connectivity index (χ3n) is 3.44. The Balaban J connectivity index is 1.44. The largest absolute Gasteiger partial charge is 0.486 e. The number of halogens is 1. The second kappa shape index (κ2) is 7.75. The van der Waals surface area contributed by atoms with E-state index in [-0.39, 0.29) is 12.1 Å². The van der Waals surface area contributed by atoms with Gasteiger partial charge in [0, 0.05) is 11.2 Å². The van der Waals surface area contributed by atoms with E-state index in [4.69, 9.17) is 21.1 Å². The van der Waals surface area contributed by atoms with E-state index in [1.807, 2.05) is 42.5 Å². The van der Waals surface area contributed by atoms with Crippen LogP contribution in [0.4, 0.5) is 4.79 Å². The number of nitrogens with one attached hydrogen (secondary N) is 2. The van der Waals surface area contributed by atoms with E-state index in [0.717, 1.165) is 11.3 Å². The summed E-state index contributed by atoms with van der Waals surface area (Å²) >= 11 is 6.03. The zero-order chi connectivity index (χ0) is 16.8. The van der Waals surface area contributed by atoms with Crippen molar-refractivity contribution in [2.24, 2.45) is 0 Å². The first-order chi connectivity index (χ1) is 11.7. The Hall–Kier alpha value is -2.66. The minimum atomic E-state index is -0.319. The normalized spacial score (nSPS) is 16.0. The van der Waals surface area contributed by atoms with Crippen molar-refractivity contribution in [2.45, 2.75) is 6.10 Å². The number of rotatable bonds is 4. The van der Waals surface area contributed by atoms with Crippen LogP contribution in [0.1, 0.15) is 5.56 Å². The van der Waals surface area contributed by atoms with Crippen LogP contribution in [0, 0.1) is 0 Å². The quantitative estimate of drug-likeness (QED) is 0.893. The highest BCUT2D eigenvalue weighted by molar-refractivity contribution is 6.32. The van der Waals surface area contributed by atoms with Gasteiger partial charge in [0.15, 0.2) is 17.6 Å². The molecule has 124 valence electrons. The number of fused-ring (bicyclic) bond motifs is 1. The monoisotopic (exact) mass is 344 g/mol. The molecular weight excluding hydrogens is 328 g/mol. The molecule has 5 nitrogen and oxygen atoms in total. The van der Waals surface area contributed by atoms with E-state index in [9.17, 15) is 4.79 Å². The Bertz CT molecular complexity index is 749. The molecule has 1 heterocycles. The van der Waals surface area contributed by atoms with E-state index in [2.05, 4.69) is 10.6 Å². The molecule has 24 heavy (non-hydrogen) atoms. The first-order valence-electron chi connectivity index (χ1n) is 7.56. The van der Waals surface area contributed by atoms with Crippen LogP contribution < -0.4 is 20.1 Å². The molecule has 2 aromatic rings. The summed E-state index contributed by atoms with van der Waals surface area (Å²) < 4.78 is 11.4. The molecule has 1 aliphatic heterocycles. The Morgan fingerprint density at radius 3 is 2.75 bits per heavy atom. The third kappa shape index (κ3) is 4.20. The van der Waals surface area contributed by atoms with Crippen LogP contribution >= 0.6 is 11.6 Å². The van der Waals surface area contributed by atoms with E-state index in [1.165, 1.54) is 0 Å². The molecule has 0 saturated heterocycles. The van der Waals surface area contributed by atoms with Crippen LogP contribution in [0.5, 0.6) is 11.5 Å². The lowest BCUT2D eigenvalue weighted by molar-refractivity contribution is 0.0919. The van der Waals surface area contributed by atoms with Gasteiger partial charge in [0.25, 0.3) is 0 Å². The van der Waals surface area contributed by atoms with Gasteiger partial charge in [-0.3, -0.25) is 0 Å². The maximum Gasteiger partial charge on any atom is 0.318 e. The summed E-state index contributed by atoms with van der Waals surface area (Å²) in [6, 6.07) is 14.5. The number of carbonyl (C=O) groups is 1. The summed E-state index contributed by atoms with van der Waals surface area (Å²) in [6.45, 7) is 0.743. The molecule has 0 aliphatic carbocycles. The molecule has 2 aromatic carbocycles. The molecule has 0 bridgehead atoms. The van der Waals surface area contributed by atoms with Gasteiger partial charge in [-0.05, 0) is 29.8 Å². The van der Waals surface area contributed by atoms with Crippen molar-refractivity contribution in [3.63, 3.8) is 0 Å². The summed E-state index contributed by atoms with van der Waals surface area (Å²) in [5.41, 5.74) is 0.833. The smallest absolute Gasteiger partial charge is 0.318 e. The van der Waals surface area contributed by atoms with Crippen LogP contribution in [0.15, 0.2) is 54.7 Å². The summed E-state index contributed by atoms with van der Waals surface area (Å²) in [5, 5.41) is 6.00. The molecule has 0 saturated carbocycles. The van der Waals surface area contributed by atoms with Crippen molar-refractivity contribution in [1.29, 1.82) is 0 Å². The second-order valence-corrected chi connectivity index (χ2v) is 5.61. The first kappa shape index (κ1) is 16.2. The Kier molecular flexibility index (Phi) is 5.23. The molecule has 1 aliphatic rings. The Labute approximate surface area is 145 Å². The maximum atomic E-state index is 11.8. The Morgan fingerprint density at radius 1 is 1.17 bits per heavy atom. The number of hydrogen-bond donors (Lipinski definition) is 2. The predicted octanol–water partition coefficient (Wildman–Crippen LogP) is 3.45. The number of hydrogen-bond acceptors (Lipinski definition) is 3. The van der Waals surface area contributed by atoms with Crippen LogP contribution in [0.3, 0.4) is 0 Å². The highest BCUT2D eigenvalue weighted by Gasteiger charge is 2.20. The van der Waals surface area contributed by atoms with Crippen LogP contribution in [0.25, 0.3) is 6.08 Å². The van der Waals surface area contributed by atoms with Gasteiger partial charge in [-0.25, -0.2) is 4.79 Å². The number of amides is 2. The van der Waals surface area contributed by atoms with Gasteiger partial charge in [-0.1, -0.05) is 41.9 Å². The second-order valence-electron chi connectivity index (χ2n) is 5.21. The van der Waals surface area contributed by atoms with Crippen LogP contribution in [0.2, 0.25) is 5.02 Å². The van der Waals surface area contributed by atoms with Gasteiger partial charge in [-0.2, -0.15) is 0 Å². The van der Waals surface area contributed by atoms with E-state index < -0.39 is 0 Å². The summed E-state index contributed by atoms with van der Waals surface area (Å²) in [7, 11) is 0. The predicted molar refractivity (Wildman–Crippen MR) is 93.4 cm³/mol. The van der Waals surface area contributed by atoms with Crippen molar-refractivity contribution < 1.29 is 14.3 Å². The van der Waals surface area contributed by atoms with Gasteiger partial charge in [0.2, 0.25) is 0 Å². The lowest BCUT2D eigenvalue weighted by Gasteiger charge is -2.26.